The number of nitrogen functional groups attached to an aromatic ring is 1. The monoisotopic (exact) mass is 539 g/mol. The molecule has 4 N–H and O–H groups in total. The molecule has 35 heavy (non-hydrogen) atoms. The average molecular weight is 540 g/mol. The number of nitrogens with zero attached hydrogens (tertiary/aromatic N) is 7. The predicted molar refractivity (Wildman–Crippen MR) is 129 cm³/mol. The summed E-state index contributed by atoms with van der Waals surface area (Å²) in [5.74, 6) is -1.80. The highest BCUT2D eigenvalue weighted by Crippen LogP contribution is 2.41. The maximum absolute atomic E-state index is 12.9. The molecule has 2 aromatic heterocycles. The van der Waals surface area contributed by atoms with Gasteiger partial charge in [0.15, 0.2) is 10.3 Å². The first-order chi connectivity index (χ1) is 16.8. The summed E-state index contributed by atoms with van der Waals surface area (Å²) in [6.07, 6.45) is 2.54. The summed E-state index contributed by atoms with van der Waals surface area (Å²) >= 11 is 3.61. The van der Waals surface area contributed by atoms with Crippen LogP contribution in [-0.2, 0) is 25.8 Å². The Labute approximate surface area is 211 Å². The van der Waals surface area contributed by atoms with Gasteiger partial charge in [0.25, 0.3) is 11.8 Å². The molecule has 2 aliphatic rings. The molecule has 2 aromatic rings. The highest BCUT2D eigenvalue weighted by molar-refractivity contribution is 8.01. The van der Waals surface area contributed by atoms with Crippen molar-refractivity contribution in [3.05, 3.63) is 23.4 Å². The lowest BCUT2D eigenvalue weighted by atomic mass is 10.0. The van der Waals surface area contributed by atoms with E-state index < -0.39 is 29.2 Å². The molecule has 0 aromatic carbocycles. The van der Waals surface area contributed by atoms with Crippen LogP contribution in [0.1, 0.15) is 19.2 Å². The molecule has 2 amide bonds. The van der Waals surface area contributed by atoms with Crippen molar-refractivity contribution in [1.82, 2.24) is 34.3 Å². The first-order valence-electron chi connectivity index (χ1n) is 10.3. The Bertz CT molecular complexity index is 1210. The second-order valence-electron chi connectivity index (χ2n) is 7.29. The van der Waals surface area contributed by atoms with Gasteiger partial charge in [-0.25, -0.2) is 4.79 Å². The van der Waals surface area contributed by atoms with Gasteiger partial charge in [-0.3, -0.25) is 14.5 Å². The minimum Gasteiger partial charge on any atom is -0.477 e. The maximum atomic E-state index is 12.9. The van der Waals surface area contributed by atoms with Crippen molar-refractivity contribution in [2.24, 2.45) is 5.16 Å². The number of rotatable bonds is 10. The van der Waals surface area contributed by atoms with E-state index in [0.717, 1.165) is 24.5 Å². The van der Waals surface area contributed by atoms with E-state index in [4.69, 9.17) is 10.6 Å². The molecule has 0 spiro atoms. The van der Waals surface area contributed by atoms with Gasteiger partial charge in [0.05, 0.1) is 0 Å². The van der Waals surface area contributed by atoms with Gasteiger partial charge in [-0.2, -0.15) is 9.36 Å². The third kappa shape index (κ3) is 4.96. The number of β-lactam (4-membered cyclic amide) rings is 1. The van der Waals surface area contributed by atoms with Gasteiger partial charge in [0, 0.05) is 29.6 Å². The van der Waals surface area contributed by atoms with Crippen LogP contribution in [0.15, 0.2) is 27.9 Å². The zero-order valence-electron chi connectivity index (χ0n) is 18.6. The first-order valence-corrected chi connectivity index (χ1v) is 13.1. The van der Waals surface area contributed by atoms with Crippen LogP contribution in [0.5, 0.6) is 0 Å². The molecule has 4 rings (SSSR count). The van der Waals surface area contributed by atoms with E-state index in [-0.39, 0.29) is 22.4 Å². The predicted octanol–water partition coefficient (Wildman–Crippen LogP) is 0.00320. The highest BCUT2D eigenvalue weighted by Gasteiger charge is 2.54. The second kappa shape index (κ2) is 10.6. The molecule has 1 saturated heterocycles. The maximum Gasteiger partial charge on any atom is 0.352 e. The van der Waals surface area contributed by atoms with Gasteiger partial charge in [-0.15, -0.1) is 22.0 Å². The van der Waals surface area contributed by atoms with Gasteiger partial charge in [0.2, 0.25) is 11.5 Å². The summed E-state index contributed by atoms with van der Waals surface area (Å²) in [6.45, 7) is 2.79. The van der Waals surface area contributed by atoms with E-state index in [1.165, 1.54) is 35.5 Å². The van der Waals surface area contributed by atoms with Crippen molar-refractivity contribution in [1.29, 1.82) is 0 Å². The number of aromatic nitrogens is 5. The van der Waals surface area contributed by atoms with E-state index in [2.05, 4.69) is 30.0 Å². The normalized spacial score (nSPS) is 19.9. The standard InChI is InChI=1S/C18H21N9O5S3/c1-3-4-26-7-20-23-18(26)34-6-8-5-33-15-10(14(29)27(15)11(8)16(30)31)21-13(28)9(24-32-2)12-22-17(19)35-25-12/h7,10,15H,3-6H2,1-2H3,(H,21,28)(H,30,31)(H2,19,22,25)/b24-9+/t10?,15-/m1/s1. The number of fused-ring (bicyclic) bond motifs is 1. The van der Waals surface area contributed by atoms with E-state index in [0.29, 0.717) is 22.2 Å². The molecule has 1 unspecified atom stereocenters. The summed E-state index contributed by atoms with van der Waals surface area (Å²) in [5, 5.41) is 24.3. The number of aryl methyl sites for hydroxylation is 1. The average Bonchev–Trinajstić information content (AvgIpc) is 3.47. The van der Waals surface area contributed by atoms with Crippen LogP contribution in [0.25, 0.3) is 0 Å². The van der Waals surface area contributed by atoms with E-state index in [1.807, 2.05) is 11.5 Å². The molecule has 4 heterocycles. The zero-order valence-corrected chi connectivity index (χ0v) is 21.0. The Kier molecular flexibility index (Phi) is 7.56. The summed E-state index contributed by atoms with van der Waals surface area (Å²) < 4.78 is 5.84. The number of anilines is 1. The smallest absolute Gasteiger partial charge is 0.352 e. The lowest BCUT2D eigenvalue weighted by molar-refractivity contribution is -0.150. The SMILES string of the molecule is CCCn1cnnc1SCC1=C(C(=O)O)N2C(=O)C(NC(=O)/C(=N/OC)c3nsc(N)n3)[C@H]2SC1. The molecule has 0 radical (unpaired) electrons. The Morgan fingerprint density at radius 1 is 1.46 bits per heavy atom. The summed E-state index contributed by atoms with van der Waals surface area (Å²) in [4.78, 5) is 47.7. The minimum atomic E-state index is -1.21. The van der Waals surface area contributed by atoms with Crippen molar-refractivity contribution in [3.63, 3.8) is 0 Å². The molecule has 186 valence electrons. The van der Waals surface area contributed by atoms with Crippen LogP contribution in [0, 0.1) is 0 Å². The number of amides is 2. The molecule has 0 aliphatic carbocycles. The van der Waals surface area contributed by atoms with Crippen LogP contribution in [-0.4, -0.2) is 87.7 Å². The third-order valence-corrected chi connectivity index (χ3v) is 7.96. The fourth-order valence-electron chi connectivity index (χ4n) is 3.51. The number of oxime groups is 1. The van der Waals surface area contributed by atoms with Crippen LogP contribution in [0.3, 0.4) is 0 Å². The van der Waals surface area contributed by atoms with Gasteiger partial charge >= 0.3 is 5.97 Å². The topological polar surface area (TPSA) is 191 Å². The van der Waals surface area contributed by atoms with Crippen molar-refractivity contribution in [3.8, 4) is 0 Å². The lowest BCUT2D eigenvalue weighted by Crippen LogP contribution is -2.71. The highest BCUT2D eigenvalue weighted by atomic mass is 32.2. The van der Waals surface area contributed by atoms with Gasteiger partial charge in [0.1, 0.15) is 30.5 Å². The lowest BCUT2D eigenvalue weighted by Gasteiger charge is -2.49. The Balaban J connectivity index is 1.48. The number of carboxylic acids is 1. The van der Waals surface area contributed by atoms with Crippen molar-refractivity contribution >= 4 is 63.7 Å². The molecular weight excluding hydrogens is 518 g/mol. The summed E-state index contributed by atoms with van der Waals surface area (Å²) in [6, 6.07) is -0.943. The van der Waals surface area contributed by atoms with Gasteiger partial charge < -0.3 is 25.6 Å². The van der Waals surface area contributed by atoms with E-state index >= 15 is 0 Å². The number of nitrogens with one attached hydrogen (secondary N) is 1. The van der Waals surface area contributed by atoms with Crippen LogP contribution in [0.4, 0.5) is 5.13 Å². The third-order valence-electron chi connectivity index (χ3n) is 5.01. The molecule has 0 saturated carbocycles. The van der Waals surface area contributed by atoms with Crippen LogP contribution in [0.2, 0.25) is 0 Å². The first kappa shape index (κ1) is 24.9. The number of thioether (sulfide) groups is 2. The Morgan fingerprint density at radius 2 is 2.26 bits per heavy atom. The van der Waals surface area contributed by atoms with Crippen molar-refractivity contribution in [2.45, 2.75) is 36.5 Å². The summed E-state index contributed by atoms with van der Waals surface area (Å²) in [7, 11) is 1.25. The number of nitrogens with two attached hydrogens (primary N) is 1. The molecule has 14 nitrogen and oxygen atoms in total. The number of hydrogen-bond acceptors (Lipinski definition) is 13. The quantitative estimate of drug-likeness (QED) is 0.159. The molecule has 1 fully saturated rings. The molecule has 0 bridgehead atoms. The van der Waals surface area contributed by atoms with Gasteiger partial charge in [-0.05, 0) is 12.0 Å². The van der Waals surface area contributed by atoms with Crippen LogP contribution >= 0.6 is 35.1 Å². The van der Waals surface area contributed by atoms with E-state index in [9.17, 15) is 19.5 Å². The minimum absolute atomic E-state index is 0.0341. The van der Waals surface area contributed by atoms with Crippen molar-refractivity contribution < 1.29 is 24.3 Å². The molecule has 17 heteroatoms. The van der Waals surface area contributed by atoms with Gasteiger partial charge in [-0.1, -0.05) is 23.8 Å². The second-order valence-corrected chi connectivity index (χ2v) is 10.1. The fourth-order valence-corrected chi connectivity index (χ4v) is 6.37. The Hall–Kier alpha value is -3.18. The largest absolute Gasteiger partial charge is 0.477 e. The molecule has 2 atom stereocenters. The van der Waals surface area contributed by atoms with Crippen molar-refractivity contribution in [2.75, 3.05) is 24.3 Å². The van der Waals surface area contributed by atoms with E-state index in [1.54, 1.807) is 6.33 Å². The molecule has 2 aliphatic heterocycles. The number of aliphatic carboxylic acids is 1. The Morgan fingerprint density at radius 3 is 2.91 bits per heavy atom. The fraction of sp³-hybridized carbons (Fsp3) is 0.444. The molecular formula is C18H21N9O5S3. The van der Waals surface area contributed by atoms with Crippen LogP contribution < -0.4 is 11.1 Å². The number of carbonyl (C=O) groups is 3. The number of carbonyl (C=O) groups excluding carboxylic acids is 2. The number of hydrogen-bond donors (Lipinski definition) is 3. The summed E-state index contributed by atoms with van der Waals surface area (Å²) in [5.41, 5.74) is 5.86. The zero-order chi connectivity index (χ0) is 25.1. The number of carboxylic acid groups (broad SMARTS) is 1.